The highest BCUT2D eigenvalue weighted by molar-refractivity contribution is 6.30. The lowest BCUT2D eigenvalue weighted by atomic mass is 10.1. The van der Waals surface area contributed by atoms with Gasteiger partial charge < -0.3 is 14.9 Å². The average molecular weight is 582 g/mol. The van der Waals surface area contributed by atoms with Crippen molar-refractivity contribution in [2.24, 2.45) is 0 Å². The van der Waals surface area contributed by atoms with Gasteiger partial charge in [-0.25, -0.2) is 15.0 Å². The zero-order valence-electron chi connectivity index (χ0n) is 24.4. The van der Waals surface area contributed by atoms with Crippen LogP contribution in [0.1, 0.15) is 23.9 Å². The van der Waals surface area contributed by atoms with Gasteiger partial charge in [-0.1, -0.05) is 41.9 Å². The first-order valence-electron chi connectivity index (χ1n) is 14.4. The van der Waals surface area contributed by atoms with Gasteiger partial charge in [-0.15, -0.1) is 0 Å². The third-order valence-corrected chi connectivity index (χ3v) is 8.49. The van der Waals surface area contributed by atoms with E-state index in [4.69, 9.17) is 21.6 Å². The number of nitrogens with zero attached hydrogens (tertiary/aromatic N) is 7. The number of hydrogen-bond acceptors (Lipinski definition) is 7. The van der Waals surface area contributed by atoms with Crippen LogP contribution in [0.25, 0.3) is 16.9 Å². The van der Waals surface area contributed by atoms with E-state index >= 15 is 0 Å². The Labute approximate surface area is 251 Å². The van der Waals surface area contributed by atoms with Crippen molar-refractivity contribution in [3.05, 3.63) is 101 Å². The third-order valence-electron chi connectivity index (χ3n) is 8.24. The maximum absolute atomic E-state index is 11.4. The average Bonchev–Trinajstić information content (AvgIpc) is 3.34. The van der Waals surface area contributed by atoms with Crippen LogP contribution in [-0.4, -0.2) is 68.0 Å². The second kappa shape index (κ2) is 11.7. The molecule has 1 aliphatic rings. The van der Waals surface area contributed by atoms with E-state index in [0.717, 1.165) is 43.4 Å². The lowest BCUT2D eigenvalue weighted by Crippen LogP contribution is -2.59. The molecule has 1 aliphatic heterocycles. The first kappa shape index (κ1) is 28.2. The lowest BCUT2D eigenvalue weighted by Gasteiger charge is -2.46. The Morgan fingerprint density at radius 2 is 1.57 bits per heavy atom. The fourth-order valence-corrected chi connectivity index (χ4v) is 6.17. The minimum atomic E-state index is -0.679. The topological polar surface area (TPSA) is 73.6 Å². The molecule has 9 heteroatoms. The molecule has 8 nitrogen and oxygen atoms in total. The van der Waals surface area contributed by atoms with Gasteiger partial charge in [0.2, 0.25) is 0 Å². The minimum Gasteiger partial charge on any atom is -0.390 e. The van der Waals surface area contributed by atoms with E-state index in [0.29, 0.717) is 22.0 Å². The maximum Gasteiger partial charge on any atom is 0.170 e. The number of halogens is 1. The molecular weight excluding hydrogens is 546 g/mol. The number of anilines is 3. The molecule has 2 aromatic heterocycles. The van der Waals surface area contributed by atoms with Gasteiger partial charge in [0, 0.05) is 48.3 Å². The van der Waals surface area contributed by atoms with Gasteiger partial charge in [-0.3, -0.25) is 9.47 Å². The van der Waals surface area contributed by atoms with Crippen molar-refractivity contribution in [1.29, 1.82) is 0 Å². The molecule has 2 unspecified atom stereocenters. The standard InChI is InChI=1S/C33H36ClN7O/c1-22-9-8-12-29(23(22)2)38-17-19-39(20-18-38)33(24(3)42)41(27-10-6-5-7-11-27)32-30-31(35-21-36-32)40(25(4)37-30)28-15-13-26(34)14-16-28/h5-16,21,24,33,42H,17-20H2,1-4H3. The normalized spacial score (nSPS) is 15.6. The Balaban J connectivity index is 1.41. The van der Waals surface area contributed by atoms with Crippen LogP contribution in [0.3, 0.4) is 0 Å². The minimum absolute atomic E-state index is 0.368. The molecule has 2 atom stereocenters. The van der Waals surface area contributed by atoms with Gasteiger partial charge in [-0.05, 0) is 81.3 Å². The molecule has 0 bridgehead atoms. The quantitative estimate of drug-likeness (QED) is 0.250. The van der Waals surface area contributed by atoms with Gasteiger partial charge in [-0.2, -0.15) is 0 Å². The molecule has 1 fully saturated rings. The summed E-state index contributed by atoms with van der Waals surface area (Å²) < 4.78 is 2.01. The first-order chi connectivity index (χ1) is 20.3. The third kappa shape index (κ3) is 5.22. The van der Waals surface area contributed by atoms with E-state index in [1.165, 1.54) is 16.8 Å². The van der Waals surface area contributed by atoms with Crippen LogP contribution in [0, 0.1) is 20.8 Å². The monoisotopic (exact) mass is 581 g/mol. The van der Waals surface area contributed by atoms with E-state index in [-0.39, 0.29) is 6.17 Å². The molecule has 0 radical (unpaired) electrons. The summed E-state index contributed by atoms with van der Waals surface area (Å²) in [5, 5.41) is 12.0. The Bertz CT molecular complexity index is 1680. The number of fused-ring (bicyclic) bond motifs is 1. The summed E-state index contributed by atoms with van der Waals surface area (Å²) in [6, 6.07) is 24.3. The highest BCUT2D eigenvalue weighted by Crippen LogP contribution is 2.35. The van der Waals surface area contributed by atoms with Crippen molar-refractivity contribution in [2.75, 3.05) is 36.0 Å². The summed E-state index contributed by atoms with van der Waals surface area (Å²) in [5.41, 5.74) is 7.12. The van der Waals surface area contributed by atoms with Crippen LogP contribution in [0.4, 0.5) is 17.2 Å². The smallest absolute Gasteiger partial charge is 0.170 e. The molecule has 6 rings (SSSR count). The van der Waals surface area contributed by atoms with Crippen molar-refractivity contribution in [3.63, 3.8) is 0 Å². The van der Waals surface area contributed by atoms with Gasteiger partial charge in [0.25, 0.3) is 0 Å². The molecule has 3 aromatic carbocycles. The van der Waals surface area contributed by atoms with Crippen molar-refractivity contribution in [3.8, 4) is 5.69 Å². The zero-order valence-corrected chi connectivity index (χ0v) is 25.2. The van der Waals surface area contributed by atoms with E-state index < -0.39 is 6.10 Å². The van der Waals surface area contributed by atoms with E-state index in [9.17, 15) is 5.11 Å². The number of aromatic nitrogens is 4. The van der Waals surface area contributed by atoms with Gasteiger partial charge in [0.15, 0.2) is 17.0 Å². The van der Waals surface area contributed by atoms with Crippen molar-refractivity contribution in [2.45, 2.75) is 40.0 Å². The molecule has 1 saturated heterocycles. The van der Waals surface area contributed by atoms with Crippen molar-refractivity contribution >= 4 is 40.0 Å². The summed E-state index contributed by atoms with van der Waals surface area (Å²) >= 11 is 6.17. The number of hydrogen-bond donors (Lipinski definition) is 1. The Morgan fingerprint density at radius 1 is 0.857 bits per heavy atom. The highest BCUT2D eigenvalue weighted by Gasteiger charge is 2.35. The second-order valence-electron chi connectivity index (χ2n) is 10.9. The molecular formula is C33H36ClN7O. The fraction of sp³-hybridized carbons (Fsp3) is 0.303. The summed E-state index contributed by atoms with van der Waals surface area (Å²) in [6.07, 6.45) is 0.535. The van der Waals surface area contributed by atoms with E-state index in [2.05, 4.69) is 63.9 Å². The number of aryl methyl sites for hydroxylation is 2. The van der Waals surface area contributed by atoms with E-state index in [1.807, 2.05) is 60.9 Å². The molecule has 216 valence electrons. The maximum atomic E-state index is 11.4. The molecule has 5 aromatic rings. The summed E-state index contributed by atoms with van der Waals surface area (Å²) in [5.74, 6) is 1.45. The van der Waals surface area contributed by atoms with Crippen molar-refractivity contribution in [1.82, 2.24) is 24.4 Å². The van der Waals surface area contributed by atoms with Crippen LogP contribution in [0.5, 0.6) is 0 Å². The lowest BCUT2D eigenvalue weighted by molar-refractivity contribution is 0.0602. The van der Waals surface area contributed by atoms with Gasteiger partial charge in [0.1, 0.15) is 18.3 Å². The second-order valence-corrected chi connectivity index (χ2v) is 11.4. The van der Waals surface area contributed by atoms with E-state index in [1.54, 1.807) is 6.33 Å². The summed E-state index contributed by atoms with van der Waals surface area (Å²) in [7, 11) is 0. The fourth-order valence-electron chi connectivity index (χ4n) is 6.04. The number of piperazine rings is 1. The largest absolute Gasteiger partial charge is 0.390 e. The molecule has 0 aliphatic carbocycles. The zero-order chi connectivity index (χ0) is 29.4. The number of rotatable bonds is 7. The predicted octanol–water partition coefficient (Wildman–Crippen LogP) is 6.06. The summed E-state index contributed by atoms with van der Waals surface area (Å²) in [4.78, 5) is 21.4. The molecule has 0 spiro atoms. The number of aliphatic hydroxyl groups excluding tert-OH is 1. The molecule has 0 amide bonds. The van der Waals surface area contributed by atoms with Crippen LogP contribution in [0.2, 0.25) is 5.02 Å². The van der Waals surface area contributed by atoms with Crippen LogP contribution in [-0.2, 0) is 0 Å². The van der Waals surface area contributed by atoms with Crippen LogP contribution < -0.4 is 9.80 Å². The predicted molar refractivity (Wildman–Crippen MR) is 170 cm³/mol. The van der Waals surface area contributed by atoms with Crippen LogP contribution in [0.15, 0.2) is 79.1 Å². The molecule has 3 heterocycles. The summed E-state index contributed by atoms with van der Waals surface area (Å²) in [6.45, 7) is 11.5. The SMILES string of the molecule is Cc1cccc(N2CCN(C(C(C)O)N(c3ccccc3)c3ncnc4c3nc(C)n4-c3ccc(Cl)cc3)CC2)c1C. The van der Waals surface area contributed by atoms with Crippen molar-refractivity contribution < 1.29 is 5.11 Å². The molecule has 1 N–H and O–H groups in total. The van der Waals surface area contributed by atoms with Gasteiger partial charge >= 0.3 is 0 Å². The van der Waals surface area contributed by atoms with Gasteiger partial charge in [0.05, 0.1) is 6.10 Å². The Kier molecular flexibility index (Phi) is 7.86. The Hall–Kier alpha value is -3.98. The number of benzene rings is 3. The highest BCUT2D eigenvalue weighted by atomic mass is 35.5. The molecule has 0 saturated carbocycles. The Morgan fingerprint density at radius 3 is 2.26 bits per heavy atom. The number of imidazole rings is 1. The number of aliphatic hydroxyl groups is 1. The number of para-hydroxylation sites is 1. The first-order valence-corrected chi connectivity index (χ1v) is 14.7. The van der Waals surface area contributed by atoms with Crippen LogP contribution >= 0.6 is 11.6 Å². The molecule has 42 heavy (non-hydrogen) atoms.